The second-order valence-electron chi connectivity index (χ2n) is 5.23. The van der Waals surface area contributed by atoms with E-state index in [1.807, 2.05) is 37.3 Å². The van der Waals surface area contributed by atoms with Crippen LogP contribution in [0.25, 0.3) is 17.0 Å². The maximum absolute atomic E-state index is 5.78. The van der Waals surface area contributed by atoms with Crippen LogP contribution in [0.15, 0.2) is 42.7 Å². The molecule has 0 aliphatic carbocycles. The van der Waals surface area contributed by atoms with Gasteiger partial charge in [-0.2, -0.15) is 9.61 Å². The summed E-state index contributed by atoms with van der Waals surface area (Å²) in [4.78, 5) is 4.20. The van der Waals surface area contributed by atoms with Crippen LogP contribution in [0.5, 0.6) is 5.88 Å². The number of rotatable bonds is 5. The molecule has 0 spiro atoms. The van der Waals surface area contributed by atoms with E-state index in [9.17, 15) is 0 Å². The van der Waals surface area contributed by atoms with Crippen LogP contribution >= 0.6 is 22.6 Å². The van der Waals surface area contributed by atoms with Crippen molar-refractivity contribution in [3.8, 4) is 17.3 Å². The van der Waals surface area contributed by atoms with Gasteiger partial charge in [-0.25, -0.2) is 9.67 Å². The zero-order valence-electron chi connectivity index (χ0n) is 13.4. The molecule has 4 rings (SSSR count). The summed E-state index contributed by atoms with van der Waals surface area (Å²) in [5.74, 6) is 1.92. The zero-order valence-corrected chi connectivity index (χ0v) is 15.5. The zero-order chi connectivity index (χ0) is 17.2. The van der Waals surface area contributed by atoms with Crippen LogP contribution in [0, 0.1) is 3.57 Å². The minimum Gasteiger partial charge on any atom is -0.468 e. The molecule has 0 radical (unpaired) electrons. The minimum atomic E-state index is 0.298. The lowest BCUT2D eigenvalue weighted by Crippen LogP contribution is -2.08. The molecule has 1 aromatic carbocycles. The summed E-state index contributed by atoms with van der Waals surface area (Å²) in [6.07, 6.45) is 1.52. The van der Waals surface area contributed by atoms with Gasteiger partial charge in [-0.3, -0.25) is 0 Å². The van der Waals surface area contributed by atoms with Crippen LogP contribution in [-0.2, 0) is 13.2 Å². The summed E-state index contributed by atoms with van der Waals surface area (Å²) < 4.78 is 10.3. The fourth-order valence-corrected chi connectivity index (χ4v) is 3.09. The number of ether oxygens (including phenoxy) is 1. The van der Waals surface area contributed by atoms with E-state index in [0.29, 0.717) is 24.0 Å². The first-order chi connectivity index (χ1) is 12.3. The topological polar surface area (TPSA) is 83.0 Å². The number of hydrogen-bond donors (Lipinski definition) is 0. The Morgan fingerprint density at radius 1 is 1.12 bits per heavy atom. The van der Waals surface area contributed by atoms with Crippen LogP contribution < -0.4 is 4.74 Å². The fraction of sp³-hybridized carbons (Fsp3) is 0.188. The number of aryl methyl sites for hydroxylation is 1. The highest BCUT2D eigenvalue weighted by Crippen LogP contribution is 2.24. The van der Waals surface area contributed by atoms with Crippen LogP contribution in [0.3, 0.4) is 0 Å². The molecule has 3 heterocycles. The highest BCUT2D eigenvalue weighted by molar-refractivity contribution is 14.1. The molecule has 0 fully saturated rings. The van der Waals surface area contributed by atoms with E-state index in [4.69, 9.17) is 4.74 Å². The summed E-state index contributed by atoms with van der Waals surface area (Å²) in [5, 5.41) is 17.1. The number of fused-ring (bicyclic) bond motifs is 1. The highest BCUT2D eigenvalue weighted by atomic mass is 127. The summed E-state index contributed by atoms with van der Waals surface area (Å²) in [7, 11) is 0. The average molecular weight is 447 g/mol. The predicted molar refractivity (Wildman–Crippen MR) is 99.0 cm³/mol. The molecule has 0 atom stereocenters. The van der Waals surface area contributed by atoms with E-state index in [0.717, 1.165) is 21.5 Å². The predicted octanol–water partition coefficient (Wildman–Crippen LogP) is 2.59. The lowest BCUT2D eigenvalue weighted by molar-refractivity contribution is 0.272. The molecule has 4 aromatic rings. The normalized spacial score (nSPS) is 11.1. The lowest BCUT2D eigenvalue weighted by atomic mass is 10.2. The van der Waals surface area contributed by atoms with E-state index in [1.54, 1.807) is 15.3 Å². The number of benzene rings is 1. The molecule has 0 saturated heterocycles. The minimum absolute atomic E-state index is 0.298. The van der Waals surface area contributed by atoms with Gasteiger partial charge in [-0.1, -0.05) is 18.2 Å². The monoisotopic (exact) mass is 447 g/mol. The van der Waals surface area contributed by atoms with Crippen molar-refractivity contribution in [1.29, 1.82) is 0 Å². The molecular formula is C16H14IN7O. The Morgan fingerprint density at radius 2 is 2.00 bits per heavy atom. The standard InChI is InChI=1S/C16H14IN7O/c1-2-23-14(18-10-19-23)9-25-15-8-7-13-20-21-16(24(13)22-15)11-5-3-4-6-12(11)17/h3-8,10H,2,9H2,1H3. The van der Waals surface area contributed by atoms with Gasteiger partial charge in [0.1, 0.15) is 12.9 Å². The van der Waals surface area contributed by atoms with Crippen molar-refractivity contribution in [2.24, 2.45) is 0 Å². The Hall–Kier alpha value is -2.56. The number of aromatic nitrogens is 7. The van der Waals surface area contributed by atoms with Gasteiger partial charge >= 0.3 is 0 Å². The Bertz CT molecular complexity index is 1030. The third-order valence-corrected chi connectivity index (χ3v) is 4.64. The van der Waals surface area contributed by atoms with Crippen molar-refractivity contribution < 1.29 is 4.74 Å². The third kappa shape index (κ3) is 3.06. The van der Waals surface area contributed by atoms with Gasteiger partial charge in [0.2, 0.25) is 5.88 Å². The molecule has 0 bridgehead atoms. The van der Waals surface area contributed by atoms with Gasteiger partial charge in [-0.15, -0.1) is 15.3 Å². The van der Waals surface area contributed by atoms with Gasteiger partial charge in [0, 0.05) is 21.7 Å². The Balaban J connectivity index is 1.66. The van der Waals surface area contributed by atoms with E-state index >= 15 is 0 Å². The van der Waals surface area contributed by atoms with Gasteiger partial charge in [0.05, 0.1) is 0 Å². The van der Waals surface area contributed by atoms with E-state index < -0.39 is 0 Å². The molecule has 8 nitrogen and oxygen atoms in total. The van der Waals surface area contributed by atoms with Crippen LogP contribution in [0.4, 0.5) is 0 Å². The second kappa shape index (κ2) is 6.75. The first kappa shape index (κ1) is 15.9. The summed E-state index contributed by atoms with van der Waals surface area (Å²) in [6, 6.07) is 11.6. The Labute approximate surface area is 157 Å². The summed E-state index contributed by atoms with van der Waals surface area (Å²) in [6.45, 7) is 3.05. The van der Waals surface area contributed by atoms with Gasteiger partial charge < -0.3 is 4.74 Å². The molecule has 126 valence electrons. The molecule has 3 aromatic heterocycles. The maximum atomic E-state index is 5.78. The Kier molecular flexibility index (Phi) is 4.30. The number of hydrogen-bond acceptors (Lipinski definition) is 6. The first-order valence-electron chi connectivity index (χ1n) is 7.73. The van der Waals surface area contributed by atoms with Crippen LogP contribution in [0.2, 0.25) is 0 Å². The molecule has 25 heavy (non-hydrogen) atoms. The van der Waals surface area contributed by atoms with Crippen molar-refractivity contribution in [1.82, 2.24) is 34.6 Å². The van der Waals surface area contributed by atoms with E-state index in [-0.39, 0.29) is 0 Å². The summed E-state index contributed by atoms with van der Waals surface area (Å²) >= 11 is 2.28. The summed E-state index contributed by atoms with van der Waals surface area (Å²) in [5.41, 5.74) is 1.64. The molecule has 0 amide bonds. The Morgan fingerprint density at radius 3 is 2.84 bits per heavy atom. The lowest BCUT2D eigenvalue weighted by Gasteiger charge is -2.07. The van der Waals surface area contributed by atoms with E-state index in [2.05, 4.69) is 48.0 Å². The van der Waals surface area contributed by atoms with Crippen molar-refractivity contribution in [3.05, 3.63) is 52.1 Å². The van der Waals surface area contributed by atoms with E-state index in [1.165, 1.54) is 6.33 Å². The van der Waals surface area contributed by atoms with Crippen LogP contribution in [0.1, 0.15) is 12.7 Å². The van der Waals surface area contributed by atoms with Gasteiger partial charge in [-0.05, 0) is 41.6 Å². The van der Waals surface area contributed by atoms with Crippen molar-refractivity contribution in [2.45, 2.75) is 20.1 Å². The molecule has 0 aliphatic rings. The maximum Gasteiger partial charge on any atom is 0.232 e. The molecule has 9 heteroatoms. The fourth-order valence-electron chi connectivity index (χ4n) is 2.46. The second-order valence-corrected chi connectivity index (χ2v) is 6.39. The molecular weight excluding hydrogens is 433 g/mol. The third-order valence-electron chi connectivity index (χ3n) is 3.70. The quantitative estimate of drug-likeness (QED) is 0.438. The number of nitrogens with zero attached hydrogens (tertiary/aromatic N) is 7. The highest BCUT2D eigenvalue weighted by Gasteiger charge is 2.13. The SMILES string of the molecule is CCn1ncnc1COc1ccc2nnc(-c3ccccc3I)n2n1. The molecule has 0 aliphatic heterocycles. The smallest absolute Gasteiger partial charge is 0.232 e. The molecule has 0 saturated carbocycles. The van der Waals surface area contributed by atoms with Crippen LogP contribution in [-0.4, -0.2) is 34.6 Å². The average Bonchev–Trinajstić information content (AvgIpc) is 3.26. The van der Waals surface area contributed by atoms with Crippen molar-refractivity contribution in [2.75, 3.05) is 0 Å². The molecule has 0 unspecified atom stereocenters. The van der Waals surface area contributed by atoms with Gasteiger partial charge in [0.15, 0.2) is 17.3 Å². The van der Waals surface area contributed by atoms with Crippen molar-refractivity contribution >= 4 is 28.2 Å². The van der Waals surface area contributed by atoms with Gasteiger partial charge in [0.25, 0.3) is 0 Å². The molecule has 0 N–H and O–H groups in total. The number of halogens is 1. The first-order valence-corrected chi connectivity index (χ1v) is 8.81. The largest absolute Gasteiger partial charge is 0.468 e. The van der Waals surface area contributed by atoms with Crippen molar-refractivity contribution in [3.63, 3.8) is 0 Å².